The number of imidazole rings is 4. The van der Waals surface area contributed by atoms with Crippen molar-refractivity contribution in [2.45, 2.75) is 37.8 Å². The summed E-state index contributed by atoms with van der Waals surface area (Å²) in [5.41, 5.74) is 9.00. The quantitative estimate of drug-likeness (QED) is 0.171. The van der Waals surface area contributed by atoms with Crippen LogP contribution in [0.4, 0.5) is 0 Å². The summed E-state index contributed by atoms with van der Waals surface area (Å²) in [4.78, 5) is 60.5. The number of carbonyl (C=O) groups excluding carboxylic acids is 2. The first kappa shape index (κ1) is 28.2. The second-order valence-electron chi connectivity index (χ2n) is 12.5. The Bertz CT molecular complexity index is 2110. The van der Waals surface area contributed by atoms with E-state index in [1.807, 2.05) is 21.9 Å². The number of aromatic amines is 4. The zero-order valence-corrected chi connectivity index (χ0v) is 26.0. The Kier molecular flexibility index (Phi) is 6.66. The van der Waals surface area contributed by atoms with Gasteiger partial charge in [0.25, 0.3) is 11.8 Å². The van der Waals surface area contributed by atoms with Gasteiger partial charge in [-0.05, 0) is 72.2 Å². The van der Waals surface area contributed by atoms with E-state index in [-0.39, 0.29) is 23.9 Å². The molecule has 6 heterocycles. The molecule has 9 rings (SSSR count). The molecule has 0 unspecified atom stereocenters. The molecule has 2 saturated heterocycles. The Morgan fingerprint density at radius 2 is 1.04 bits per heavy atom. The van der Waals surface area contributed by atoms with Crippen LogP contribution in [0.3, 0.4) is 0 Å². The first-order valence-corrected chi connectivity index (χ1v) is 16.3. The zero-order chi connectivity index (χ0) is 32.2. The number of hydrogen-bond acceptors (Lipinski definition) is 6. The van der Waals surface area contributed by atoms with Crippen LogP contribution in [0.5, 0.6) is 0 Å². The van der Waals surface area contributed by atoms with Crippen molar-refractivity contribution in [3.8, 4) is 22.3 Å². The van der Waals surface area contributed by atoms with Gasteiger partial charge < -0.3 is 29.7 Å². The number of aromatic nitrogens is 8. The summed E-state index contributed by atoms with van der Waals surface area (Å²) in [5, 5.41) is 0. The maximum Gasteiger partial charge on any atom is 0.272 e. The minimum Gasteiger partial charge on any atom is -0.341 e. The van der Waals surface area contributed by atoms with Gasteiger partial charge in [0, 0.05) is 13.1 Å². The van der Waals surface area contributed by atoms with E-state index in [9.17, 15) is 9.59 Å². The molecular formula is C36H32N10O2. The predicted molar refractivity (Wildman–Crippen MR) is 180 cm³/mol. The van der Waals surface area contributed by atoms with Gasteiger partial charge in [-0.1, -0.05) is 36.4 Å². The second kappa shape index (κ2) is 11.3. The van der Waals surface area contributed by atoms with Crippen LogP contribution >= 0.6 is 0 Å². The fourth-order valence-corrected chi connectivity index (χ4v) is 7.23. The van der Waals surface area contributed by atoms with Gasteiger partial charge in [0.05, 0.1) is 59.2 Å². The van der Waals surface area contributed by atoms with Crippen molar-refractivity contribution < 1.29 is 9.59 Å². The predicted octanol–water partition coefficient (Wildman–Crippen LogP) is 6.17. The number of H-pyrrole nitrogens is 4. The maximum atomic E-state index is 13.1. The number of carbonyl (C=O) groups is 2. The van der Waals surface area contributed by atoms with Crippen molar-refractivity contribution in [3.05, 3.63) is 109 Å². The molecule has 0 radical (unpaired) electrons. The third kappa shape index (κ3) is 4.84. The number of benzene rings is 3. The summed E-state index contributed by atoms with van der Waals surface area (Å²) in [7, 11) is 0. The molecule has 0 saturated carbocycles. The van der Waals surface area contributed by atoms with Crippen LogP contribution in [0.1, 0.15) is 70.4 Å². The lowest BCUT2D eigenvalue weighted by atomic mass is 10.00. The van der Waals surface area contributed by atoms with E-state index in [1.165, 1.54) is 12.7 Å². The number of likely N-dealkylation sites (tertiary alicyclic amines) is 2. The largest absolute Gasteiger partial charge is 0.341 e. The lowest BCUT2D eigenvalue weighted by Crippen LogP contribution is -2.31. The van der Waals surface area contributed by atoms with E-state index in [0.29, 0.717) is 24.5 Å². The molecule has 3 aromatic carbocycles. The summed E-state index contributed by atoms with van der Waals surface area (Å²) < 4.78 is 0. The molecule has 2 amide bonds. The standard InChI is InChI=1S/C36H32N10O2/c47-35(29-17-37-19-39-29)45-13-1-3-31(45)33-41-25-11-9-23(15-27(25)43-33)21-5-7-22(8-6-21)24-10-12-26-28(16-24)44-34(42-26)32-4-2-14-46(32)36(48)30-18-38-20-40-30/h5-12,15-20,31-32H,1-4,13-14H2,(H,37,39)(H,38,40)(H,41,43)(H,42,44)/t31-,32-/m1/s1. The second-order valence-corrected chi connectivity index (χ2v) is 12.5. The molecule has 12 heteroatoms. The number of nitrogens with zero attached hydrogens (tertiary/aromatic N) is 6. The first-order valence-electron chi connectivity index (χ1n) is 16.3. The van der Waals surface area contributed by atoms with Crippen molar-refractivity contribution in [3.63, 3.8) is 0 Å². The molecule has 12 nitrogen and oxygen atoms in total. The van der Waals surface area contributed by atoms with Crippen molar-refractivity contribution >= 4 is 33.9 Å². The minimum absolute atomic E-state index is 0.0541. The highest BCUT2D eigenvalue weighted by Crippen LogP contribution is 2.35. The number of amides is 2. The topological polar surface area (TPSA) is 155 Å². The molecule has 4 N–H and O–H groups in total. The molecular weight excluding hydrogens is 604 g/mol. The van der Waals surface area contributed by atoms with E-state index in [0.717, 1.165) is 81.7 Å². The lowest BCUT2D eigenvalue weighted by Gasteiger charge is -2.22. The Morgan fingerprint density at radius 3 is 1.46 bits per heavy atom. The molecule has 2 aliphatic rings. The summed E-state index contributed by atoms with van der Waals surface area (Å²) in [6.45, 7) is 1.39. The summed E-state index contributed by atoms with van der Waals surface area (Å²) in [6.07, 6.45) is 9.79. The highest BCUT2D eigenvalue weighted by atomic mass is 16.2. The van der Waals surface area contributed by atoms with Crippen molar-refractivity contribution in [1.82, 2.24) is 49.7 Å². The molecule has 7 aromatic rings. The Hall–Kier alpha value is -6.04. The fourth-order valence-electron chi connectivity index (χ4n) is 7.23. The Morgan fingerprint density at radius 1 is 0.604 bits per heavy atom. The zero-order valence-electron chi connectivity index (χ0n) is 26.0. The normalized spacial score (nSPS) is 18.0. The molecule has 2 atom stereocenters. The van der Waals surface area contributed by atoms with E-state index in [2.05, 4.69) is 78.4 Å². The summed E-state index contributed by atoms with van der Waals surface area (Å²) >= 11 is 0. The van der Waals surface area contributed by atoms with Crippen LogP contribution in [0.2, 0.25) is 0 Å². The van der Waals surface area contributed by atoms with Gasteiger partial charge in [-0.3, -0.25) is 9.59 Å². The molecule has 238 valence electrons. The average Bonchev–Trinajstić information content (AvgIpc) is 3.97. The third-order valence-corrected chi connectivity index (χ3v) is 9.67. The molecule has 0 spiro atoms. The van der Waals surface area contributed by atoms with E-state index >= 15 is 0 Å². The van der Waals surface area contributed by atoms with Crippen LogP contribution in [0, 0.1) is 0 Å². The highest BCUT2D eigenvalue weighted by molar-refractivity contribution is 5.93. The van der Waals surface area contributed by atoms with Crippen molar-refractivity contribution in [2.24, 2.45) is 0 Å². The van der Waals surface area contributed by atoms with Crippen LogP contribution in [0.25, 0.3) is 44.3 Å². The molecule has 2 fully saturated rings. The van der Waals surface area contributed by atoms with E-state index < -0.39 is 0 Å². The van der Waals surface area contributed by atoms with E-state index in [1.54, 1.807) is 12.4 Å². The monoisotopic (exact) mass is 636 g/mol. The highest BCUT2D eigenvalue weighted by Gasteiger charge is 2.34. The van der Waals surface area contributed by atoms with Gasteiger partial charge in [0.2, 0.25) is 0 Å². The van der Waals surface area contributed by atoms with Crippen LogP contribution in [0.15, 0.2) is 85.7 Å². The van der Waals surface area contributed by atoms with Gasteiger partial charge in [0.1, 0.15) is 23.0 Å². The Balaban J connectivity index is 0.938. The number of nitrogens with one attached hydrogen (secondary N) is 4. The van der Waals surface area contributed by atoms with Crippen molar-refractivity contribution in [2.75, 3.05) is 13.1 Å². The first-order chi connectivity index (χ1) is 23.6. The van der Waals surface area contributed by atoms with Gasteiger partial charge in [-0.2, -0.15) is 0 Å². The van der Waals surface area contributed by atoms with Crippen LogP contribution in [-0.4, -0.2) is 74.6 Å². The fraction of sp³-hybridized carbons (Fsp3) is 0.222. The Labute approximate surface area is 274 Å². The molecule has 48 heavy (non-hydrogen) atoms. The number of rotatable bonds is 6. The number of fused-ring (bicyclic) bond motifs is 2. The van der Waals surface area contributed by atoms with E-state index in [4.69, 9.17) is 9.97 Å². The van der Waals surface area contributed by atoms with Gasteiger partial charge in [-0.25, -0.2) is 19.9 Å². The average molecular weight is 637 g/mol. The minimum atomic E-state index is -0.0965. The van der Waals surface area contributed by atoms with Gasteiger partial charge >= 0.3 is 0 Å². The van der Waals surface area contributed by atoms with Gasteiger partial charge in [0.15, 0.2) is 0 Å². The maximum absolute atomic E-state index is 13.1. The van der Waals surface area contributed by atoms with Crippen LogP contribution < -0.4 is 0 Å². The third-order valence-electron chi connectivity index (χ3n) is 9.67. The molecule has 4 aromatic heterocycles. The van der Waals surface area contributed by atoms with Crippen molar-refractivity contribution in [1.29, 1.82) is 0 Å². The number of hydrogen-bond donors (Lipinski definition) is 4. The van der Waals surface area contributed by atoms with Crippen LogP contribution in [-0.2, 0) is 0 Å². The smallest absolute Gasteiger partial charge is 0.272 e. The van der Waals surface area contributed by atoms with Gasteiger partial charge in [-0.15, -0.1) is 0 Å². The molecule has 0 bridgehead atoms. The summed E-state index contributed by atoms with van der Waals surface area (Å²) in [5.74, 6) is 1.51. The summed E-state index contributed by atoms with van der Waals surface area (Å²) in [6, 6.07) is 20.8. The molecule has 2 aliphatic heterocycles. The SMILES string of the molecule is O=C(c1cnc[nH]1)N1CCC[C@@H]1c1nc2ccc(-c3ccc(-c4ccc5nc([C@H]6CCCN6C(=O)c6cnc[nH]6)[nH]c5c4)cc3)cc2[nH]1. The lowest BCUT2D eigenvalue weighted by molar-refractivity contribution is 0.0718. The molecule has 0 aliphatic carbocycles.